The molecule has 0 bridgehead atoms. The van der Waals surface area contributed by atoms with Crippen molar-refractivity contribution in [1.29, 1.82) is 0 Å². The first-order valence-corrected chi connectivity index (χ1v) is 26.1. The molecule has 2 fully saturated rings. The van der Waals surface area contributed by atoms with Gasteiger partial charge in [-0.1, -0.05) is 63.8 Å². The Balaban J connectivity index is 1.76. The van der Waals surface area contributed by atoms with Gasteiger partial charge in [-0.05, 0) is 99.1 Å². The van der Waals surface area contributed by atoms with E-state index >= 15 is 0 Å². The van der Waals surface area contributed by atoms with Crippen molar-refractivity contribution in [3.05, 3.63) is 36.0 Å². The molecule has 1 amide bonds. The van der Waals surface area contributed by atoms with Gasteiger partial charge in [0.2, 0.25) is 0 Å². The molecule has 1 aliphatic carbocycles. The predicted molar refractivity (Wildman–Crippen MR) is 248 cm³/mol. The van der Waals surface area contributed by atoms with Crippen LogP contribution in [0, 0.1) is 5.92 Å². The van der Waals surface area contributed by atoms with Crippen molar-refractivity contribution in [3.8, 4) is 0 Å². The molecule has 0 aromatic carbocycles. The molecule has 0 spiro atoms. The van der Waals surface area contributed by atoms with Crippen molar-refractivity contribution >= 4 is 34.4 Å². The number of amides is 1. The Bertz CT molecular complexity index is 1400. The molecule has 0 aromatic rings. The number of carbonyl (C=O) groups is 2. The first-order valence-electron chi connectivity index (χ1n) is 22.6. The third-order valence-electron chi connectivity index (χ3n) is 12.2. The van der Waals surface area contributed by atoms with Gasteiger partial charge in [-0.3, -0.25) is 9.69 Å². The van der Waals surface area contributed by atoms with Crippen LogP contribution >= 0.6 is 0 Å². The first kappa shape index (κ1) is 52.8. The summed E-state index contributed by atoms with van der Waals surface area (Å²) in [5.41, 5.74) is -1.81. The molecule has 346 valence electrons. The molecule has 60 heavy (non-hydrogen) atoms. The van der Waals surface area contributed by atoms with E-state index in [1.807, 2.05) is 52.4 Å². The second-order valence-electron chi connectivity index (χ2n) is 19.3. The highest BCUT2D eigenvalue weighted by molar-refractivity contribution is 7.93. The van der Waals surface area contributed by atoms with Crippen LogP contribution < -0.4 is 0 Å². The third-order valence-corrected chi connectivity index (χ3v) is 15.2. The number of ether oxygens (including phenoxy) is 3. The maximum atomic E-state index is 13.7. The molecule has 3 aliphatic rings. The van der Waals surface area contributed by atoms with E-state index in [9.17, 15) is 19.8 Å². The van der Waals surface area contributed by atoms with Crippen molar-refractivity contribution in [2.75, 3.05) is 44.9 Å². The Morgan fingerprint density at radius 2 is 1.67 bits per heavy atom. The summed E-state index contributed by atoms with van der Waals surface area (Å²) >= 11 is -0.656. The lowest BCUT2D eigenvalue weighted by atomic mass is 9.88. The number of aliphatic hydroxyl groups is 2. The molecule has 2 aliphatic heterocycles. The molecule has 2 N–H and O–H groups in total. The minimum absolute atomic E-state index is 0.0253. The van der Waals surface area contributed by atoms with Gasteiger partial charge in [0.25, 0.3) is 0 Å². The van der Waals surface area contributed by atoms with Crippen LogP contribution in [0.2, 0.25) is 0 Å². The summed E-state index contributed by atoms with van der Waals surface area (Å²) in [5, 5.41) is 23.3. The van der Waals surface area contributed by atoms with Crippen molar-refractivity contribution in [3.63, 3.8) is 0 Å². The highest BCUT2D eigenvalue weighted by atomic mass is 32.2. The highest BCUT2D eigenvalue weighted by Gasteiger charge is 2.39. The van der Waals surface area contributed by atoms with Gasteiger partial charge in [0.05, 0.1) is 24.2 Å². The normalized spacial score (nSPS) is 30.0. The first-order chi connectivity index (χ1) is 28.0. The number of hydrogen-bond donors (Lipinski definition) is 2. The summed E-state index contributed by atoms with van der Waals surface area (Å²) < 4.78 is 31.3. The Labute approximate surface area is 370 Å². The van der Waals surface area contributed by atoms with Gasteiger partial charge in [-0.15, -0.1) is 0 Å². The molecule has 0 aromatic heterocycles. The number of allylic oxidation sites excluding steroid dienone is 2. The third kappa shape index (κ3) is 17.9. The van der Waals surface area contributed by atoms with Gasteiger partial charge < -0.3 is 29.3 Å². The van der Waals surface area contributed by atoms with Crippen molar-refractivity contribution in [2.24, 2.45) is 5.92 Å². The maximum absolute atomic E-state index is 13.7. The molecule has 1 saturated carbocycles. The molecule has 11 nitrogen and oxygen atoms in total. The van der Waals surface area contributed by atoms with Crippen LogP contribution in [0.3, 0.4) is 0 Å². The predicted octanol–water partition coefficient (Wildman–Crippen LogP) is 8.24. The fourth-order valence-corrected chi connectivity index (χ4v) is 9.99. The molecular formula is C47H84N2O9S2+2. The fourth-order valence-electron chi connectivity index (χ4n) is 8.33. The molecule has 1 saturated heterocycles. The molecular weight excluding hydrogens is 801 g/mol. The zero-order valence-corrected chi connectivity index (χ0v) is 41.2. The molecule has 3 rings (SSSR count). The summed E-state index contributed by atoms with van der Waals surface area (Å²) in [4.78, 5) is 31.5. The molecule has 13 heteroatoms. The van der Waals surface area contributed by atoms with Crippen LogP contribution in [0.25, 0.3) is 0 Å². The van der Waals surface area contributed by atoms with E-state index in [1.165, 1.54) is 38.5 Å². The number of rotatable bonds is 15. The average molecular weight is 885 g/mol. The van der Waals surface area contributed by atoms with Crippen molar-refractivity contribution in [2.45, 2.75) is 198 Å². The summed E-state index contributed by atoms with van der Waals surface area (Å²) in [6, 6.07) is 0.589. The van der Waals surface area contributed by atoms with E-state index in [-0.39, 0.29) is 53.0 Å². The van der Waals surface area contributed by atoms with Crippen molar-refractivity contribution in [1.82, 2.24) is 9.80 Å². The number of hydrogen-bond acceptors (Lipinski definition) is 10. The Morgan fingerprint density at radius 3 is 2.25 bits per heavy atom. The minimum atomic E-state index is -1.41. The molecule has 2 unspecified atom stereocenters. The van der Waals surface area contributed by atoms with Gasteiger partial charge in [0.1, 0.15) is 65.0 Å². The lowest BCUT2D eigenvalue weighted by Gasteiger charge is -2.40. The Hall–Kier alpha value is -1.58. The standard InChI is InChI=1S/C47H84N2O9S2/c1-14-40(58-60(13)45(6,7)8)37(5)54-36(4)33-46(9,52)26-19-20-34(2)43-35(3)23-24-41(47(10,53)27-25-39(57-59(11)12)32-42(50)56-43)55-44(51)49-30-28-48(29-31-49)38-21-17-15-16-18-22-38/h19-20,23-24,26,35-41,43,52-53H,14-18,21-22,25,27-33H2,1-13H3/q+2/b24-23+,26-19+,34-20+/t35-,36-,37?,39+,40-,41-,43+,46-,47+,60?/m0/s1. The smallest absolute Gasteiger partial charge is 0.410 e. The lowest BCUT2D eigenvalue weighted by molar-refractivity contribution is -0.151. The van der Waals surface area contributed by atoms with E-state index in [1.54, 1.807) is 37.0 Å². The van der Waals surface area contributed by atoms with Gasteiger partial charge in [0.15, 0.2) is 10.9 Å². The maximum Gasteiger partial charge on any atom is 0.410 e. The molecule has 0 radical (unpaired) electrons. The minimum Gasteiger partial charge on any atom is -0.457 e. The SMILES string of the molecule is CC[C@H](O[S+](C)C(C)(C)C)C(C)O[C@@H](C)C[C@@](C)(O)/C=C/C=C(\C)[C@H]1OC(=O)C[C@H](O[S+](C)C)CC[C@@](C)(O)[C@@H](OC(=O)N2CCN(C3CCCCCC3)CC2)/C=C/[C@@H]1C. The highest BCUT2D eigenvalue weighted by Crippen LogP contribution is 2.30. The fraction of sp³-hybridized carbons (Fsp3) is 0.830. The monoisotopic (exact) mass is 885 g/mol. The Kier molecular flexibility index (Phi) is 21.5. The summed E-state index contributed by atoms with van der Waals surface area (Å²) in [7, 11) is 0. The van der Waals surface area contributed by atoms with Gasteiger partial charge >= 0.3 is 12.1 Å². The quantitative estimate of drug-likeness (QED) is 0.0546. The van der Waals surface area contributed by atoms with Crippen LogP contribution in [-0.4, -0.2) is 136 Å². The second kappa shape index (κ2) is 24.5. The summed E-state index contributed by atoms with van der Waals surface area (Å²) in [5.74, 6) is -0.729. The lowest BCUT2D eigenvalue weighted by Crippen LogP contribution is -2.53. The summed E-state index contributed by atoms with van der Waals surface area (Å²) in [6.07, 6.45) is 21.6. The number of nitrogens with zero attached hydrogens (tertiary/aromatic N) is 2. The second-order valence-corrected chi connectivity index (χ2v) is 23.3. The van der Waals surface area contributed by atoms with E-state index in [2.05, 4.69) is 38.9 Å². The largest absolute Gasteiger partial charge is 0.457 e. The van der Waals surface area contributed by atoms with E-state index in [0.29, 0.717) is 32.0 Å². The number of esters is 1. The average Bonchev–Trinajstić information content (AvgIpc) is 3.45. The van der Waals surface area contributed by atoms with Gasteiger partial charge in [-0.25, -0.2) is 4.79 Å². The van der Waals surface area contributed by atoms with Gasteiger partial charge in [0, 0.05) is 44.6 Å². The van der Waals surface area contributed by atoms with Crippen LogP contribution in [0.5, 0.6) is 0 Å². The number of piperazine rings is 1. The van der Waals surface area contributed by atoms with Crippen LogP contribution in [0.4, 0.5) is 4.79 Å². The van der Waals surface area contributed by atoms with Gasteiger partial charge in [-0.2, -0.15) is 8.37 Å². The van der Waals surface area contributed by atoms with Crippen LogP contribution in [-0.2, 0) is 49.7 Å². The molecule has 10 atom stereocenters. The number of cyclic esters (lactones) is 1. The summed E-state index contributed by atoms with van der Waals surface area (Å²) in [6.45, 7) is 22.8. The Morgan fingerprint density at radius 1 is 1.03 bits per heavy atom. The zero-order valence-electron chi connectivity index (χ0n) is 39.6. The number of carbonyl (C=O) groups excluding carboxylic acids is 2. The van der Waals surface area contributed by atoms with E-state index in [0.717, 1.165) is 25.1 Å². The molecule has 2 heterocycles. The topological polar surface area (TPSA) is 127 Å². The zero-order chi connectivity index (χ0) is 44.8. The van der Waals surface area contributed by atoms with Crippen LogP contribution in [0.1, 0.15) is 140 Å². The van der Waals surface area contributed by atoms with Crippen LogP contribution in [0.15, 0.2) is 36.0 Å². The van der Waals surface area contributed by atoms with E-state index < -0.39 is 52.8 Å². The van der Waals surface area contributed by atoms with Crippen molar-refractivity contribution < 1.29 is 42.4 Å². The van der Waals surface area contributed by atoms with E-state index in [4.69, 9.17) is 22.6 Å².